The molecule has 4 heteroatoms. The van der Waals surface area contributed by atoms with E-state index in [9.17, 15) is 9.59 Å². The molecule has 0 spiro atoms. The molecule has 0 amide bonds. The number of carbonyl (C=O) groups is 2. The van der Waals surface area contributed by atoms with Gasteiger partial charge in [0.15, 0.2) is 0 Å². The average Bonchev–Trinajstić information content (AvgIpc) is 3.27. The van der Waals surface area contributed by atoms with Gasteiger partial charge in [0.25, 0.3) is 0 Å². The lowest BCUT2D eigenvalue weighted by atomic mass is 9.47. The Kier molecular flexibility index (Phi) is 11.5. The summed E-state index contributed by atoms with van der Waals surface area (Å²) in [5, 5.41) is 8.73. The Morgan fingerprint density at radius 2 is 1.59 bits per heavy atom. The molecular formula is C37H62O4. The van der Waals surface area contributed by atoms with Gasteiger partial charge >= 0.3 is 11.9 Å². The van der Waals surface area contributed by atoms with Crippen molar-refractivity contribution in [2.24, 2.45) is 46.3 Å². The molecule has 1 unspecified atom stereocenters. The van der Waals surface area contributed by atoms with Crippen LogP contribution in [-0.2, 0) is 14.3 Å². The highest BCUT2D eigenvalue weighted by Gasteiger charge is 2.59. The van der Waals surface area contributed by atoms with Crippen molar-refractivity contribution in [1.82, 2.24) is 0 Å². The molecule has 4 rings (SSSR count). The third kappa shape index (κ3) is 7.80. The van der Waals surface area contributed by atoms with Crippen molar-refractivity contribution in [1.29, 1.82) is 0 Å². The summed E-state index contributed by atoms with van der Waals surface area (Å²) in [6.45, 7) is 12.5. The first-order valence-electron chi connectivity index (χ1n) is 17.7. The van der Waals surface area contributed by atoms with E-state index in [1.165, 1.54) is 57.8 Å². The summed E-state index contributed by atoms with van der Waals surface area (Å²) in [7, 11) is 0. The molecule has 234 valence electrons. The first-order valence-corrected chi connectivity index (χ1v) is 17.7. The molecule has 3 fully saturated rings. The van der Waals surface area contributed by atoms with Gasteiger partial charge in [0.05, 0.1) is 0 Å². The number of hydrogen-bond donors (Lipinski definition) is 1. The van der Waals surface area contributed by atoms with Gasteiger partial charge in [0.1, 0.15) is 6.10 Å². The van der Waals surface area contributed by atoms with Gasteiger partial charge in [0, 0.05) is 19.3 Å². The number of carboxylic acid groups (broad SMARTS) is 1. The average molecular weight is 571 g/mol. The molecule has 0 aromatic rings. The molecular weight excluding hydrogens is 508 g/mol. The largest absolute Gasteiger partial charge is 0.481 e. The van der Waals surface area contributed by atoms with Crippen LogP contribution in [0, 0.1) is 46.3 Å². The lowest BCUT2D eigenvalue weighted by Gasteiger charge is -2.58. The molecule has 0 heterocycles. The van der Waals surface area contributed by atoms with Crippen molar-refractivity contribution in [2.75, 3.05) is 0 Å². The lowest BCUT2D eigenvalue weighted by molar-refractivity contribution is -0.151. The van der Waals surface area contributed by atoms with Crippen molar-refractivity contribution in [3.8, 4) is 0 Å². The number of rotatable bonds is 15. The zero-order valence-electron chi connectivity index (χ0n) is 27.2. The first kappa shape index (κ1) is 32.6. The molecule has 3 saturated carbocycles. The molecule has 41 heavy (non-hydrogen) atoms. The predicted octanol–water partition coefficient (Wildman–Crippen LogP) is 10.1. The van der Waals surface area contributed by atoms with Gasteiger partial charge in [-0.3, -0.25) is 9.59 Å². The van der Waals surface area contributed by atoms with Crippen LogP contribution < -0.4 is 0 Å². The number of esters is 1. The Hall–Kier alpha value is -1.32. The quantitative estimate of drug-likeness (QED) is 0.121. The molecule has 4 aliphatic carbocycles. The van der Waals surface area contributed by atoms with Crippen LogP contribution in [0.25, 0.3) is 0 Å². The van der Waals surface area contributed by atoms with Crippen LogP contribution in [0.1, 0.15) is 157 Å². The smallest absolute Gasteiger partial charge is 0.306 e. The second-order valence-electron chi connectivity index (χ2n) is 15.7. The van der Waals surface area contributed by atoms with Gasteiger partial charge in [-0.2, -0.15) is 0 Å². The van der Waals surface area contributed by atoms with Crippen LogP contribution in [0.15, 0.2) is 11.6 Å². The summed E-state index contributed by atoms with van der Waals surface area (Å²) in [5.74, 6) is 4.41. The summed E-state index contributed by atoms with van der Waals surface area (Å²) in [5.41, 5.74) is 2.43. The van der Waals surface area contributed by atoms with E-state index in [1.807, 2.05) is 0 Å². The number of carbonyl (C=O) groups excluding carboxylic acids is 1. The Morgan fingerprint density at radius 3 is 2.29 bits per heavy atom. The monoisotopic (exact) mass is 570 g/mol. The van der Waals surface area contributed by atoms with Crippen LogP contribution in [0.3, 0.4) is 0 Å². The van der Waals surface area contributed by atoms with Gasteiger partial charge in [-0.15, -0.1) is 0 Å². The maximum absolute atomic E-state index is 12.6. The molecule has 1 N–H and O–H groups in total. The van der Waals surface area contributed by atoms with E-state index in [-0.39, 0.29) is 18.5 Å². The Labute approximate surface area is 251 Å². The Bertz CT molecular complexity index is 907. The van der Waals surface area contributed by atoms with E-state index in [0.717, 1.165) is 86.9 Å². The number of allylic oxidation sites excluding steroid dienone is 1. The normalized spacial score (nSPS) is 35.3. The van der Waals surface area contributed by atoms with Gasteiger partial charge < -0.3 is 9.84 Å². The van der Waals surface area contributed by atoms with Gasteiger partial charge in [-0.05, 0) is 104 Å². The van der Waals surface area contributed by atoms with Gasteiger partial charge in [-0.25, -0.2) is 0 Å². The molecule has 0 aliphatic heterocycles. The summed E-state index contributed by atoms with van der Waals surface area (Å²) in [4.78, 5) is 23.2. The van der Waals surface area contributed by atoms with Crippen LogP contribution in [0.2, 0.25) is 0 Å². The predicted molar refractivity (Wildman–Crippen MR) is 167 cm³/mol. The Morgan fingerprint density at radius 1 is 0.878 bits per heavy atom. The molecule has 0 radical (unpaired) electrons. The summed E-state index contributed by atoms with van der Waals surface area (Å²) in [6, 6.07) is 0. The molecule has 0 aromatic carbocycles. The fraction of sp³-hybridized carbons (Fsp3) is 0.892. The summed E-state index contributed by atoms with van der Waals surface area (Å²) in [6.07, 6.45) is 23.5. The number of aliphatic carboxylic acids is 1. The second kappa shape index (κ2) is 14.4. The van der Waals surface area contributed by atoms with Crippen molar-refractivity contribution in [2.45, 2.75) is 163 Å². The first-order chi connectivity index (χ1) is 19.5. The highest BCUT2D eigenvalue weighted by atomic mass is 16.5. The highest BCUT2D eigenvalue weighted by Crippen LogP contribution is 2.67. The van der Waals surface area contributed by atoms with Gasteiger partial charge in [0.2, 0.25) is 0 Å². The number of carboxylic acids is 1. The lowest BCUT2D eigenvalue weighted by Crippen LogP contribution is -2.51. The minimum atomic E-state index is -0.707. The molecule has 8 atom stereocenters. The molecule has 4 aliphatic rings. The van der Waals surface area contributed by atoms with Crippen LogP contribution in [-0.4, -0.2) is 23.1 Å². The SMILES string of the molecule is CC(C)CCCC(C)[C@H]1CC[C@H]2[C@@H]3CC=C4C[C@@H](OC(=O)CCCCCCCCC(=O)O)CC[C@]4(C)[C@H]3CC[C@]12C. The standard InChI is InChI=1S/C37H62O4/c1-26(2)13-12-14-27(3)31-19-20-32-30-18-17-28-25-29(21-23-36(28,4)33(30)22-24-37(31,32)5)41-35(40)16-11-9-7-6-8-10-15-34(38)39/h17,26-27,29-33H,6-16,18-25H2,1-5H3,(H,38,39)/t27?,29-,30-,31+,32-,33-,36-,37+/m0/s1. The van der Waals surface area contributed by atoms with Gasteiger partial charge in [-0.1, -0.05) is 91.2 Å². The van der Waals surface area contributed by atoms with Crippen LogP contribution in [0.4, 0.5) is 0 Å². The number of unbranched alkanes of at least 4 members (excludes halogenated alkanes) is 5. The van der Waals surface area contributed by atoms with Crippen LogP contribution >= 0.6 is 0 Å². The molecule has 0 bridgehead atoms. The zero-order chi connectivity index (χ0) is 29.6. The fourth-order valence-electron chi connectivity index (χ4n) is 10.3. The van der Waals surface area contributed by atoms with E-state index in [1.54, 1.807) is 5.57 Å². The van der Waals surface area contributed by atoms with E-state index in [2.05, 4.69) is 40.7 Å². The summed E-state index contributed by atoms with van der Waals surface area (Å²) < 4.78 is 6.02. The second-order valence-corrected chi connectivity index (χ2v) is 15.7. The molecule has 0 saturated heterocycles. The topological polar surface area (TPSA) is 63.6 Å². The zero-order valence-corrected chi connectivity index (χ0v) is 27.2. The van der Waals surface area contributed by atoms with Crippen LogP contribution in [0.5, 0.6) is 0 Å². The van der Waals surface area contributed by atoms with E-state index in [0.29, 0.717) is 17.3 Å². The van der Waals surface area contributed by atoms with Crippen molar-refractivity contribution >= 4 is 11.9 Å². The summed E-state index contributed by atoms with van der Waals surface area (Å²) >= 11 is 0. The van der Waals surface area contributed by atoms with E-state index >= 15 is 0 Å². The maximum atomic E-state index is 12.6. The maximum Gasteiger partial charge on any atom is 0.306 e. The molecule has 0 aromatic heterocycles. The van der Waals surface area contributed by atoms with E-state index in [4.69, 9.17) is 9.84 Å². The molecule has 4 nitrogen and oxygen atoms in total. The number of fused-ring (bicyclic) bond motifs is 5. The third-order valence-corrected chi connectivity index (χ3v) is 12.6. The number of hydrogen-bond acceptors (Lipinski definition) is 3. The van der Waals surface area contributed by atoms with E-state index < -0.39 is 5.97 Å². The highest BCUT2D eigenvalue weighted by molar-refractivity contribution is 5.69. The van der Waals surface area contributed by atoms with Crippen molar-refractivity contribution < 1.29 is 19.4 Å². The van der Waals surface area contributed by atoms with Crippen molar-refractivity contribution in [3.05, 3.63) is 11.6 Å². The van der Waals surface area contributed by atoms with Crippen molar-refractivity contribution in [3.63, 3.8) is 0 Å². The minimum absolute atomic E-state index is 0.0216. The fourth-order valence-corrected chi connectivity index (χ4v) is 10.3. The number of ether oxygens (including phenoxy) is 1. The Balaban J connectivity index is 1.24. The minimum Gasteiger partial charge on any atom is -0.481 e. The third-order valence-electron chi connectivity index (χ3n) is 12.6.